The van der Waals surface area contributed by atoms with E-state index in [-0.39, 0.29) is 18.6 Å². The van der Waals surface area contributed by atoms with Gasteiger partial charge in [-0.25, -0.2) is 6.72 Å². The van der Waals surface area contributed by atoms with Crippen molar-refractivity contribution >= 4 is 6.72 Å². The van der Waals surface area contributed by atoms with Crippen LogP contribution in [-0.2, 0) is 18.6 Å². The molecule has 0 aromatic rings. The Kier molecular flexibility index (Phi) is 3730. The van der Waals surface area contributed by atoms with Crippen LogP contribution < -0.4 is 0 Å². The summed E-state index contributed by atoms with van der Waals surface area (Å²) in [6.45, 7) is 2.25. The largest absolute Gasteiger partial charge is 2.00 e. The van der Waals surface area contributed by atoms with Crippen molar-refractivity contribution in [2.24, 2.45) is 0 Å². The topological polar surface area (TPSA) is 22.3 Å². The van der Waals surface area contributed by atoms with Gasteiger partial charge in [0.25, 0.3) is 0 Å². The minimum Gasteiger partial charge on any atom is -0.817 e. The van der Waals surface area contributed by atoms with Gasteiger partial charge in [0.05, 0.1) is 0 Å². The minimum atomic E-state index is 0. The van der Waals surface area contributed by atoms with E-state index >= 15 is 0 Å². The van der Waals surface area contributed by atoms with Crippen LogP contribution in [0, 0.1) is 12.8 Å². The third kappa shape index (κ3) is 365. The fraction of sp³-hybridized carbons (Fsp3) is 0. The first-order valence-corrected chi connectivity index (χ1v) is 0.605. The van der Waals surface area contributed by atoms with Crippen LogP contribution >= 0.6 is 0 Å². The molecule has 0 saturated carbocycles. The quantitative estimate of drug-likeness (QED) is 0.242. The molecule has 0 saturated heterocycles. The monoisotopic (exact) mass is 104 g/mol. The summed E-state index contributed by atoms with van der Waals surface area (Å²) in [6, 6.07) is 0. The average Bonchev–Trinajstić information content (AvgIpc) is 1.50. The Bertz CT molecular complexity index is 18.1. The maximum absolute atomic E-state index is 6.75. The molecule has 2 heteroatoms. The van der Waals surface area contributed by atoms with E-state index in [0.717, 1.165) is 0 Å². The summed E-state index contributed by atoms with van der Waals surface area (Å²) in [4.78, 5) is 0. The van der Waals surface area contributed by atoms with Crippen LogP contribution in [0.5, 0.6) is 0 Å². The molecular weight excluding hydrogens is 101 g/mol. The Morgan fingerprint density at radius 2 is 1.40 bits per heavy atom. The molecule has 0 fully saturated rings. The summed E-state index contributed by atoms with van der Waals surface area (Å²) in [5, 5.41) is 6.75. The molecule has 0 aromatic heterocycles. The van der Waals surface area contributed by atoms with Gasteiger partial charge in [-0.15, -0.1) is 0 Å². The van der Waals surface area contributed by atoms with Gasteiger partial charge in [-0.2, -0.15) is 0 Å². The number of nitrogens with zero attached hydrogens (tertiary/aromatic N) is 1. The van der Waals surface area contributed by atoms with Crippen LogP contribution in [0.4, 0.5) is 0 Å². The molecule has 0 atom stereocenters. The first-order valence-electron chi connectivity index (χ1n) is 0.605. The number of terminal acetylenes is 1. The molecule has 0 aliphatic rings. The molecule has 0 rings (SSSR count). The maximum atomic E-state index is 6.75. The van der Waals surface area contributed by atoms with Crippen molar-refractivity contribution in [2.75, 3.05) is 0 Å². The van der Waals surface area contributed by atoms with Gasteiger partial charge >= 0.3 is 18.6 Å². The van der Waals surface area contributed by atoms with E-state index in [9.17, 15) is 0 Å². The molecule has 0 N–H and O–H groups in total. The van der Waals surface area contributed by atoms with Crippen molar-refractivity contribution in [2.45, 2.75) is 0 Å². The summed E-state index contributed by atoms with van der Waals surface area (Å²) >= 11 is 0. The smallest absolute Gasteiger partial charge is 0.817 e. The molecular formula is C3H3NV. The SMILES string of the molecule is C=[N-].[C-]#C.[V+2]. The van der Waals surface area contributed by atoms with Crippen LogP contribution in [0.15, 0.2) is 0 Å². The zero-order chi connectivity index (χ0) is 4.00. The number of rotatable bonds is 0. The van der Waals surface area contributed by atoms with Crippen molar-refractivity contribution < 1.29 is 18.6 Å². The maximum Gasteiger partial charge on any atom is 2.00 e. The molecule has 0 aliphatic heterocycles. The van der Waals surface area contributed by atoms with Crippen LogP contribution in [0.2, 0.25) is 0 Å². The molecule has 1 radical (unpaired) electrons. The first kappa shape index (κ1) is 21.3. The van der Waals surface area contributed by atoms with E-state index in [2.05, 4.69) is 13.1 Å². The summed E-state index contributed by atoms with van der Waals surface area (Å²) in [7, 11) is 0. The van der Waals surface area contributed by atoms with Gasteiger partial charge in [-0.05, 0) is 0 Å². The van der Waals surface area contributed by atoms with Gasteiger partial charge in [0.2, 0.25) is 0 Å². The van der Waals surface area contributed by atoms with Gasteiger partial charge < -0.3 is 18.3 Å². The fourth-order valence-electron chi connectivity index (χ4n) is 0. The molecule has 5 heavy (non-hydrogen) atoms. The van der Waals surface area contributed by atoms with E-state index < -0.39 is 0 Å². The Hall–Kier alpha value is -0.186. The van der Waals surface area contributed by atoms with E-state index in [0.29, 0.717) is 0 Å². The summed E-state index contributed by atoms with van der Waals surface area (Å²) in [6.07, 6.45) is 9.00. The van der Waals surface area contributed by atoms with E-state index in [4.69, 9.17) is 11.8 Å². The summed E-state index contributed by atoms with van der Waals surface area (Å²) in [5.74, 6) is 0. The summed E-state index contributed by atoms with van der Waals surface area (Å²) < 4.78 is 0. The van der Waals surface area contributed by atoms with Gasteiger partial charge in [0, 0.05) is 0 Å². The van der Waals surface area contributed by atoms with Gasteiger partial charge in [-0.1, -0.05) is 0 Å². The Morgan fingerprint density at radius 1 is 1.40 bits per heavy atom. The van der Waals surface area contributed by atoms with Gasteiger partial charge in [0.15, 0.2) is 0 Å². The van der Waals surface area contributed by atoms with Crippen molar-refractivity contribution in [1.82, 2.24) is 0 Å². The standard InChI is InChI=1S/C2H.CH2N.V/c2*1-2;/h1H;1H2;/q2*-1;+2. The van der Waals surface area contributed by atoms with Crippen LogP contribution in [0.3, 0.4) is 0 Å². The molecule has 25 valence electrons. The normalized spacial score (nSPS) is 1.20. The van der Waals surface area contributed by atoms with Gasteiger partial charge in [-0.3, -0.25) is 0 Å². The first-order chi connectivity index (χ1) is 2.00. The summed E-state index contributed by atoms with van der Waals surface area (Å²) in [5.41, 5.74) is 0. The second-order valence-electron chi connectivity index (χ2n) is 0. The second kappa shape index (κ2) is 877. The molecule has 0 aromatic carbocycles. The molecule has 0 unspecified atom stereocenters. The number of hydrogen-bond donors (Lipinski definition) is 0. The van der Waals surface area contributed by atoms with E-state index in [1.54, 1.807) is 0 Å². The van der Waals surface area contributed by atoms with Crippen molar-refractivity contribution in [1.29, 1.82) is 0 Å². The molecule has 0 bridgehead atoms. The molecule has 0 heterocycles. The Morgan fingerprint density at radius 3 is 1.40 bits per heavy atom. The zero-order valence-corrected chi connectivity index (χ0v) is 4.08. The number of hydrogen-bond acceptors (Lipinski definition) is 0. The van der Waals surface area contributed by atoms with Crippen LogP contribution in [0.1, 0.15) is 0 Å². The van der Waals surface area contributed by atoms with E-state index in [1.165, 1.54) is 0 Å². The Labute approximate surface area is 44.2 Å². The van der Waals surface area contributed by atoms with Gasteiger partial charge in [0.1, 0.15) is 0 Å². The van der Waals surface area contributed by atoms with Crippen molar-refractivity contribution in [3.63, 3.8) is 0 Å². The third-order valence-electron chi connectivity index (χ3n) is 0. The molecule has 0 amide bonds. The Balaban J connectivity index is -0.0000000133. The molecule has 0 aliphatic carbocycles. The van der Waals surface area contributed by atoms with Crippen molar-refractivity contribution in [3.05, 3.63) is 11.8 Å². The van der Waals surface area contributed by atoms with Crippen LogP contribution in [-0.4, -0.2) is 6.72 Å². The van der Waals surface area contributed by atoms with Crippen molar-refractivity contribution in [3.8, 4) is 6.42 Å². The zero-order valence-electron chi connectivity index (χ0n) is 2.68. The molecule has 1 nitrogen and oxygen atoms in total. The second-order valence-corrected chi connectivity index (χ2v) is 0. The predicted octanol–water partition coefficient (Wildman–Crippen LogP) is 0.460. The van der Waals surface area contributed by atoms with Crippen LogP contribution in [0.25, 0.3) is 5.41 Å². The molecule has 0 spiro atoms. The van der Waals surface area contributed by atoms with E-state index in [1.807, 2.05) is 0 Å². The predicted molar refractivity (Wildman–Crippen MR) is 18.7 cm³/mol. The average molecular weight is 104 g/mol. The minimum absolute atomic E-state index is 0. The fourth-order valence-corrected chi connectivity index (χ4v) is 0. The third-order valence-corrected chi connectivity index (χ3v) is 0.